The lowest BCUT2D eigenvalue weighted by atomic mass is 9.78. The Morgan fingerprint density at radius 1 is 0.963 bits per heavy atom. The number of nitrogens with one attached hydrogen (secondary N) is 1. The highest BCUT2D eigenvalue weighted by molar-refractivity contribution is 6.31. The van der Waals surface area contributed by atoms with Crippen LogP contribution in [-0.2, 0) is 9.59 Å². The predicted octanol–water partition coefficient (Wildman–Crippen LogP) is 4.40. The molecule has 0 aliphatic heterocycles. The topological polar surface area (TPSA) is 83.5 Å². The number of carbonyl (C=O) groups excluding carboxylic acids is 2. The molecule has 0 radical (unpaired) electrons. The average molecular weight is 386 g/mol. The molecule has 140 valence electrons. The van der Waals surface area contributed by atoms with Gasteiger partial charge in [-0.2, -0.15) is 0 Å². The molecule has 0 bridgehead atoms. The van der Waals surface area contributed by atoms with Gasteiger partial charge in [-0.3, -0.25) is 14.4 Å². The lowest BCUT2D eigenvalue weighted by Gasteiger charge is -2.27. The molecule has 0 saturated heterocycles. The Morgan fingerprint density at radius 2 is 1.63 bits per heavy atom. The van der Waals surface area contributed by atoms with Crippen LogP contribution in [0.15, 0.2) is 48.5 Å². The fraction of sp³-hybridized carbons (Fsp3) is 0.286. The minimum absolute atomic E-state index is 0.258. The molecule has 0 aromatic heterocycles. The molecule has 1 fully saturated rings. The van der Waals surface area contributed by atoms with E-state index in [9.17, 15) is 19.5 Å². The van der Waals surface area contributed by atoms with E-state index in [0.29, 0.717) is 29.1 Å². The van der Waals surface area contributed by atoms with Gasteiger partial charge in [0.15, 0.2) is 5.78 Å². The maximum absolute atomic E-state index is 12.8. The van der Waals surface area contributed by atoms with E-state index in [1.54, 1.807) is 36.4 Å². The van der Waals surface area contributed by atoms with Gasteiger partial charge in [-0.1, -0.05) is 54.8 Å². The largest absolute Gasteiger partial charge is 0.481 e. The molecule has 1 aliphatic carbocycles. The van der Waals surface area contributed by atoms with Crippen molar-refractivity contribution < 1.29 is 19.5 Å². The van der Waals surface area contributed by atoms with Crippen molar-refractivity contribution in [3.05, 3.63) is 64.7 Å². The molecule has 0 spiro atoms. The van der Waals surface area contributed by atoms with Gasteiger partial charge in [0.25, 0.3) is 0 Å². The number of carbonyl (C=O) groups is 3. The zero-order chi connectivity index (χ0) is 19.4. The van der Waals surface area contributed by atoms with Gasteiger partial charge in [0.05, 0.1) is 17.5 Å². The number of halogens is 1. The van der Waals surface area contributed by atoms with Crippen LogP contribution in [0.2, 0.25) is 5.02 Å². The van der Waals surface area contributed by atoms with E-state index in [2.05, 4.69) is 5.32 Å². The number of aliphatic carboxylic acids is 1. The van der Waals surface area contributed by atoms with Gasteiger partial charge >= 0.3 is 5.97 Å². The number of carboxylic acid groups (broad SMARTS) is 1. The van der Waals surface area contributed by atoms with Crippen LogP contribution in [0.1, 0.15) is 41.6 Å². The summed E-state index contributed by atoms with van der Waals surface area (Å²) in [4.78, 5) is 37.1. The maximum atomic E-state index is 12.8. The third-order valence-corrected chi connectivity index (χ3v) is 5.18. The van der Waals surface area contributed by atoms with Crippen molar-refractivity contribution >= 4 is 34.9 Å². The summed E-state index contributed by atoms with van der Waals surface area (Å²) in [7, 11) is 0. The first kappa shape index (κ1) is 19.1. The summed E-state index contributed by atoms with van der Waals surface area (Å²) in [6, 6.07) is 13.4. The number of rotatable bonds is 5. The van der Waals surface area contributed by atoms with Gasteiger partial charge in [-0.05, 0) is 31.0 Å². The van der Waals surface area contributed by atoms with Crippen molar-refractivity contribution in [1.29, 1.82) is 0 Å². The lowest BCUT2D eigenvalue weighted by Crippen LogP contribution is -2.36. The Hall–Kier alpha value is -2.66. The molecular weight excluding hydrogens is 366 g/mol. The molecule has 6 heteroatoms. The third kappa shape index (κ3) is 4.37. The number of benzene rings is 2. The number of ketones is 1. The van der Waals surface area contributed by atoms with Crippen LogP contribution in [0.4, 0.5) is 5.69 Å². The highest BCUT2D eigenvalue weighted by Crippen LogP contribution is 2.32. The van der Waals surface area contributed by atoms with Crippen molar-refractivity contribution in [1.82, 2.24) is 0 Å². The van der Waals surface area contributed by atoms with Crippen molar-refractivity contribution in [3.63, 3.8) is 0 Å². The van der Waals surface area contributed by atoms with Crippen molar-refractivity contribution in [2.75, 3.05) is 5.32 Å². The number of carboxylic acids is 1. The average Bonchev–Trinajstić information content (AvgIpc) is 2.69. The predicted molar refractivity (Wildman–Crippen MR) is 103 cm³/mol. The minimum atomic E-state index is -0.952. The zero-order valence-electron chi connectivity index (χ0n) is 14.7. The van der Waals surface area contributed by atoms with E-state index in [0.717, 1.165) is 12.8 Å². The van der Waals surface area contributed by atoms with Crippen LogP contribution < -0.4 is 5.32 Å². The van der Waals surface area contributed by atoms with E-state index < -0.39 is 17.8 Å². The molecule has 2 aromatic carbocycles. The molecule has 2 aromatic rings. The molecule has 27 heavy (non-hydrogen) atoms. The summed E-state index contributed by atoms with van der Waals surface area (Å²) >= 11 is 6.06. The van der Waals surface area contributed by atoms with Crippen molar-refractivity contribution in [2.45, 2.75) is 25.7 Å². The fourth-order valence-electron chi connectivity index (χ4n) is 3.52. The first-order valence-corrected chi connectivity index (χ1v) is 9.28. The molecule has 2 atom stereocenters. The van der Waals surface area contributed by atoms with Gasteiger partial charge in [-0.15, -0.1) is 0 Å². The molecule has 1 saturated carbocycles. The first-order chi connectivity index (χ1) is 13.0. The van der Waals surface area contributed by atoms with E-state index in [4.69, 9.17) is 11.6 Å². The van der Waals surface area contributed by atoms with Gasteiger partial charge in [-0.25, -0.2) is 0 Å². The van der Waals surface area contributed by atoms with E-state index in [1.807, 2.05) is 6.07 Å². The standard InChI is InChI=1S/C21H20ClNO4/c22-14-10-11-18(17(12-14)19(24)13-6-2-1-3-7-13)23-20(25)15-8-4-5-9-16(15)21(26)27/h1-3,6-7,10-12,15-16H,4-5,8-9H2,(H,23,25)(H,26,27). The number of hydrogen-bond acceptors (Lipinski definition) is 3. The van der Waals surface area contributed by atoms with Crippen LogP contribution in [0.5, 0.6) is 0 Å². The molecule has 3 rings (SSSR count). The maximum Gasteiger partial charge on any atom is 0.307 e. The quantitative estimate of drug-likeness (QED) is 0.747. The van der Waals surface area contributed by atoms with Crippen LogP contribution in [0.25, 0.3) is 0 Å². The Labute approximate surface area is 162 Å². The molecule has 5 nitrogen and oxygen atoms in total. The summed E-state index contributed by atoms with van der Waals surface area (Å²) < 4.78 is 0. The van der Waals surface area contributed by atoms with Gasteiger partial charge in [0, 0.05) is 16.1 Å². The summed E-state index contributed by atoms with van der Waals surface area (Å²) in [5, 5.41) is 12.5. The zero-order valence-corrected chi connectivity index (χ0v) is 15.4. The Balaban J connectivity index is 1.87. The molecule has 2 N–H and O–H groups in total. The van der Waals surface area contributed by atoms with Crippen LogP contribution in [0.3, 0.4) is 0 Å². The van der Waals surface area contributed by atoms with Gasteiger partial charge < -0.3 is 10.4 Å². The molecule has 0 heterocycles. The summed E-state index contributed by atoms with van der Waals surface area (Å²) in [5.41, 5.74) is 1.11. The van der Waals surface area contributed by atoms with Gasteiger partial charge in [0.2, 0.25) is 5.91 Å². The van der Waals surface area contributed by atoms with Crippen molar-refractivity contribution in [3.8, 4) is 0 Å². The monoisotopic (exact) mass is 385 g/mol. The number of amides is 1. The molecule has 1 aliphatic rings. The van der Waals surface area contributed by atoms with Crippen LogP contribution in [-0.4, -0.2) is 22.8 Å². The molecule has 1 amide bonds. The van der Waals surface area contributed by atoms with E-state index in [-0.39, 0.29) is 17.3 Å². The smallest absolute Gasteiger partial charge is 0.307 e. The summed E-state index contributed by atoms with van der Waals surface area (Å²) in [5.74, 6) is -2.88. The third-order valence-electron chi connectivity index (χ3n) is 4.94. The Bertz CT molecular complexity index is 866. The second-order valence-corrected chi connectivity index (χ2v) is 7.15. The lowest BCUT2D eigenvalue weighted by molar-refractivity contribution is -0.147. The normalized spacial score (nSPS) is 19.3. The second-order valence-electron chi connectivity index (χ2n) is 6.71. The molecule has 2 unspecified atom stereocenters. The van der Waals surface area contributed by atoms with E-state index >= 15 is 0 Å². The van der Waals surface area contributed by atoms with Crippen molar-refractivity contribution in [2.24, 2.45) is 11.8 Å². The van der Waals surface area contributed by atoms with Gasteiger partial charge in [0.1, 0.15) is 0 Å². The minimum Gasteiger partial charge on any atom is -0.481 e. The fourth-order valence-corrected chi connectivity index (χ4v) is 3.70. The first-order valence-electron chi connectivity index (χ1n) is 8.90. The highest BCUT2D eigenvalue weighted by atomic mass is 35.5. The molecular formula is C21H20ClNO4. The highest BCUT2D eigenvalue weighted by Gasteiger charge is 2.36. The van der Waals surface area contributed by atoms with Crippen LogP contribution in [0, 0.1) is 11.8 Å². The number of hydrogen-bond donors (Lipinski definition) is 2. The SMILES string of the molecule is O=C(c1ccccc1)c1cc(Cl)ccc1NC(=O)C1CCCCC1C(=O)O. The summed E-state index contributed by atoms with van der Waals surface area (Å²) in [6.45, 7) is 0. The second kappa shape index (κ2) is 8.35. The summed E-state index contributed by atoms with van der Waals surface area (Å²) in [6.07, 6.45) is 2.64. The van der Waals surface area contributed by atoms with Crippen LogP contribution >= 0.6 is 11.6 Å². The Kier molecular flexibility index (Phi) is 5.91. The van der Waals surface area contributed by atoms with E-state index in [1.165, 1.54) is 6.07 Å². The Morgan fingerprint density at radius 3 is 2.30 bits per heavy atom. The number of anilines is 1.